The monoisotopic (exact) mass is 319 g/mol. The van der Waals surface area contributed by atoms with Crippen LogP contribution in [-0.4, -0.2) is 10.1 Å². The lowest BCUT2D eigenvalue weighted by Gasteiger charge is -1.99. The van der Waals surface area contributed by atoms with Gasteiger partial charge in [0.1, 0.15) is 0 Å². The Labute approximate surface area is 117 Å². The van der Waals surface area contributed by atoms with E-state index in [1.807, 2.05) is 25.1 Å². The molecular formula is C13H10BrN3O2. The van der Waals surface area contributed by atoms with Crippen LogP contribution in [-0.2, 0) is 0 Å². The number of furan rings is 1. The predicted octanol–water partition coefficient (Wildman–Crippen LogP) is 3.65. The summed E-state index contributed by atoms with van der Waals surface area (Å²) in [4.78, 5) is 4.31. The van der Waals surface area contributed by atoms with Crippen molar-refractivity contribution in [2.45, 2.75) is 6.92 Å². The van der Waals surface area contributed by atoms with Crippen LogP contribution in [0.3, 0.4) is 0 Å². The van der Waals surface area contributed by atoms with Gasteiger partial charge in [-0.15, -0.1) is 0 Å². The van der Waals surface area contributed by atoms with Crippen LogP contribution in [0.1, 0.15) is 5.56 Å². The number of nitrogen functional groups attached to an aromatic ring is 1. The molecule has 0 bridgehead atoms. The Bertz CT molecular complexity index is 733. The van der Waals surface area contributed by atoms with Gasteiger partial charge in [0.2, 0.25) is 5.82 Å². The highest BCUT2D eigenvalue weighted by Crippen LogP contribution is 2.28. The highest BCUT2D eigenvalue weighted by atomic mass is 79.9. The lowest BCUT2D eigenvalue weighted by Crippen LogP contribution is -1.87. The molecule has 6 heteroatoms. The van der Waals surface area contributed by atoms with E-state index >= 15 is 0 Å². The molecule has 3 rings (SSSR count). The fourth-order valence-corrected chi connectivity index (χ4v) is 1.96. The van der Waals surface area contributed by atoms with Gasteiger partial charge < -0.3 is 14.7 Å². The second kappa shape index (κ2) is 4.55. The molecule has 0 aliphatic heterocycles. The molecule has 0 unspecified atom stereocenters. The largest absolute Gasteiger partial charge is 0.461 e. The van der Waals surface area contributed by atoms with Crippen LogP contribution in [0.15, 0.2) is 43.9 Å². The molecule has 19 heavy (non-hydrogen) atoms. The molecule has 96 valence electrons. The highest BCUT2D eigenvalue weighted by molar-refractivity contribution is 9.10. The first-order chi connectivity index (χ1) is 9.15. The summed E-state index contributed by atoms with van der Waals surface area (Å²) >= 11 is 3.34. The summed E-state index contributed by atoms with van der Waals surface area (Å²) in [6.45, 7) is 1.92. The second-order valence-corrected chi connectivity index (χ2v) is 4.95. The molecule has 2 aromatic heterocycles. The Morgan fingerprint density at radius 3 is 2.79 bits per heavy atom. The Morgan fingerprint density at radius 2 is 2.11 bits per heavy atom. The molecule has 0 radical (unpaired) electrons. The molecule has 0 saturated carbocycles. The van der Waals surface area contributed by atoms with Crippen LogP contribution in [0, 0.1) is 6.92 Å². The maximum absolute atomic E-state index is 5.83. The molecule has 0 aliphatic carbocycles. The fraction of sp³-hybridized carbons (Fsp3) is 0.0769. The summed E-state index contributed by atoms with van der Waals surface area (Å²) in [5.41, 5.74) is 8.17. The van der Waals surface area contributed by atoms with Gasteiger partial charge in [0, 0.05) is 15.7 Å². The van der Waals surface area contributed by atoms with Crippen LogP contribution in [0.4, 0.5) is 5.69 Å². The number of nitrogens with two attached hydrogens (primary N) is 1. The maximum Gasteiger partial charge on any atom is 0.258 e. The first kappa shape index (κ1) is 12.0. The van der Waals surface area contributed by atoms with E-state index in [-0.39, 0.29) is 0 Å². The lowest BCUT2D eigenvalue weighted by molar-refractivity contribution is 0.429. The van der Waals surface area contributed by atoms with E-state index in [0.29, 0.717) is 23.2 Å². The summed E-state index contributed by atoms with van der Waals surface area (Å²) in [7, 11) is 0. The van der Waals surface area contributed by atoms with Crippen molar-refractivity contribution in [3.63, 3.8) is 0 Å². The maximum atomic E-state index is 5.83. The minimum Gasteiger partial charge on any atom is -0.461 e. The second-order valence-electron chi connectivity index (χ2n) is 4.09. The van der Waals surface area contributed by atoms with Gasteiger partial charge in [-0.05, 0) is 52.7 Å². The highest BCUT2D eigenvalue weighted by Gasteiger charge is 2.15. The smallest absolute Gasteiger partial charge is 0.258 e. The van der Waals surface area contributed by atoms with Crippen LogP contribution < -0.4 is 5.73 Å². The molecule has 2 heterocycles. The number of rotatable bonds is 2. The van der Waals surface area contributed by atoms with Crippen molar-refractivity contribution in [1.29, 1.82) is 0 Å². The van der Waals surface area contributed by atoms with E-state index in [0.717, 1.165) is 15.6 Å². The number of hydrogen-bond acceptors (Lipinski definition) is 5. The van der Waals surface area contributed by atoms with E-state index in [9.17, 15) is 0 Å². The number of nitrogens with zero attached hydrogens (tertiary/aromatic N) is 2. The molecule has 0 aliphatic rings. The van der Waals surface area contributed by atoms with Gasteiger partial charge in [0.15, 0.2) is 5.76 Å². The SMILES string of the molecule is Cc1ccoc1-c1noc(-c2ccc(Br)c(N)c2)n1. The minimum atomic E-state index is 0.407. The number of hydrogen-bond donors (Lipinski definition) is 1. The average Bonchev–Trinajstić information content (AvgIpc) is 3.01. The molecule has 5 nitrogen and oxygen atoms in total. The van der Waals surface area contributed by atoms with Crippen molar-refractivity contribution in [2.75, 3.05) is 5.73 Å². The zero-order valence-electron chi connectivity index (χ0n) is 10.1. The van der Waals surface area contributed by atoms with Gasteiger partial charge >= 0.3 is 0 Å². The summed E-state index contributed by atoms with van der Waals surface area (Å²) in [6, 6.07) is 7.32. The van der Waals surface area contributed by atoms with Crippen molar-refractivity contribution in [3.8, 4) is 23.0 Å². The van der Waals surface area contributed by atoms with Crippen molar-refractivity contribution >= 4 is 21.6 Å². The van der Waals surface area contributed by atoms with Crippen molar-refractivity contribution in [2.24, 2.45) is 0 Å². The van der Waals surface area contributed by atoms with Crippen LogP contribution in [0.5, 0.6) is 0 Å². The number of anilines is 1. The van der Waals surface area contributed by atoms with Crippen LogP contribution >= 0.6 is 15.9 Å². The van der Waals surface area contributed by atoms with E-state index in [2.05, 4.69) is 26.1 Å². The molecule has 3 aromatic rings. The number of aromatic nitrogens is 2. The van der Waals surface area contributed by atoms with Gasteiger partial charge in [-0.3, -0.25) is 0 Å². The standard InChI is InChI=1S/C13H10BrN3O2/c1-7-4-5-18-11(7)12-16-13(19-17-12)8-2-3-9(14)10(15)6-8/h2-6H,15H2,1H3. The topological polar surface area (TPSA) is 78.1 Å². The molecule has 0 saturated heterocycles. The van der Waals surface area contributed by atoms with Gasteiger partial charge in [-0.1, -0.05) is 5.16 Å². The molecule has 0 fully saturated rings. The summed E-state index contributed by atoms with van der Waals surface area (Å²) in [5, 5.41) is 3.92. The molecule has 0 atom stereocenters. The Hall–Kier alpha value is -2.08. The average molecular weight is 320 g/mol. The number of benzene rings is 1. The summed E-state index contributed by atoms with van der Waals surface area (Å²) in [6.07, 6.45) is 1.60. The van der Waals surface area contributed by atoms with Crippen molar-refractivity contribution in [3.05, 3.63) is 40.6 Å². The van der Waals surface area contributed by atoms with E-state index in [1.54, 1.807) is 12.3 Å². The number of aryl methyl sites for hydroxylation is 1. The van der Waals surface area contributed by atoms with E-state index in [4.69, 9.17) is 14.7 Å². The third-order valence-electron chi connectivity index (χ3n) is 2.73. The quantitative estimate of drug-likeness (QED) is 0.729. The minimum absolute atomic E-state index is 0.407. The first-order valence-electron chi connectivity index (χ1n) is 5.59. The third-order valence-corrected chi connectivity index (χ3v) is 3.46. The lowest BCUT2D eigenvalue weighted by atomic mass is 10.2. The molecule has 0 amide bonds. The predicted molar refractivity (Wildman–Crippen MR) is 74.3 cm³/mol. The molecule has 0 spiro atoms. The Morgan fingerprint density at radius 1 is 1.26 bits per heavy atom. The first-order valence-corrected chi connectivity index (χ1v) is 6.38. The van der Waals surface area contributed by atoms with Gasteiger partial charge in [-0.25, -0.2) is 0 Å². The van der Waals surface area contributed by atoms with Gasteiger partial charge in [0.25, 0.3) is 5.89 Å². The van der Waals surface area contributed by atoms with E-state index in [1.165, 1.54) is 0 Å². The summed E-state index contributed by atoms with van der Waals surface area (Å²) < 4.78 is 11.4. The van der Waals surface area contributed by atoms with Gasteiger partial charge in [-0.2, -0.15) is 4.98 Å². The zero-order valence-corrected chi connectivity index (χ0v) is 11.6. The fourth-order valence-electron chi connectivity index (χ4n) is 1.71. The summed E-state index contributed by atoms with van der Waals surface area (Å²) in [5.74, 6) is 1.45. The normalized spacial score (nSPS) is 10.8. The van der Waals surface area contributed by atoms with E-state index < -0.39 is 0 Å². The molecule has 1 aromatic carbocycles. The van der Waals surface area contributed by atoms with Crippen molar-refractivity contribution in [1.82, 2.24) is 10.1 Å². The van der Waals surface area contributed by atoms with Crippen LogP contribution in [0.25, 0.3) is 23.0 Å². The Kier molecular flexibility index (Phi) is 2.87. The molecule has 2 N–H and O–H groups in total. The third kappa shape index (κ3) is 2.15. The van der Waals surface area contributed by atoms with Crippen molar-refractivity contribution < 1.29 is 8.94 Å². The van der Waals surface area contributed by atoms with Crippen LogP contribution in [0.2, 0.25) is 0 Å². The molecular weight excluding hydrogens is 310 g/mol. The number of halogens is 1. The Balaban J connectivity index is 2.01. The zero-order chi connectivity index (χ0) is 13.4. The van der Waals surface area contributed by atoms with Gasteiger partial charge in [0.05, 0.1) is 6.26 Å².